The molecule has 1 saturated carbocycles. The van der Waals surface area contributed by atoms with Crippen molar-refractivity contribution >= 4 is 11.6 Å². The minimum absolute atomic E-state index is 0.539. The van der Waals surface area contributed by atoms with Crippen LogP contribution in [0.4, 0.5) is 0 Å². The third-order valence-corrected chi connectivity index (χ3v) is 4.72. The molecule has 1 aromatic rings. The minimum Gasteiger partial charge on any atom is -0.314 e. The van der Waals surface area contributed by atoms with Crippen molar-refractivity contribution in [3.8, 4) is 0 Å². The van der Waals surface area contributed by atoms with Crippen molar-refractivity contribution in [2.24, 2.45) is 5.92 Å². The number of hydrogen-bond acceptors (Lipinski definition) is 2. The lowest BCUT2D eigenvalue weighted by molar-refractivity contribution is 0.119. The quantitative estimate of drug-likeness (QED) is 0.907. The fraction of sp³-hybridized carbons (Fsp3) is 0.625. The zero-order chi connectivity index (χ0) is 13.2. The van der Waals surface area contributed by atoms with Crippen LogP contribution in [0.25, 0.3) is 0 Å². The molecule has 2 atom stereocenters. The summed E-state index contributed by atoms with van der Waals surface area (Å²) in [5.41, 5.74) is 1.41. The molecule has 3 heteroatoms. The molecule has 1 N–H and O–H groups in total. The van der Waals surface area contributed by atoms with E-state index in [9.17, 15) is 0 Å². The van der Waals surface area contributed by atoms with Gasteiger partial charge in [-0.25, -0.2) is 0 Å². The molecule has 2 aliphatic rings. The van der Waals surface area contributed by atoms with E-state index >= 15 is 0 Å². The summed E-state index contributed by atoms with van der Waals surface area (Å²) in [5.74, 6) is 0.723. The van der Waals surface area contributed by atoms with Gasteiger partial charge in [-0.15, -0.1) is 0 Å². The zero-order valence-electron chi connectivity index (χ0n) is 11.6. The van der Waals surface area contributed by atoms with Gasteiger partial charge in [-0.05, 0) is 62.9 Å². The van der Waals surface area contributed by atoms with E-state index in [0.29, 0.717) is 6.04 Å². The van der Waals surface area contributed by atoms with E-state index in [2.05, 4.69) is 29.4 Å². The second-order valence-electron chi connectivity index (χ2n) is 6.06. The number of piperidine rings is 1. The average Bonchev–Trinajstić information content (AvgIpc) is 3.22. The van der Waals surface area contributed by atoms with Crippen LogP contribution in [0.1, 0.15) is 37.3 Å². The SMILES string of the molecule is CN1CCCC(CNC2CC2)C1c1ccc(Cl)cc1. The highest BCUT2D eigenvalue weighted by Crippen LogP contribution is 2.35. The van der Waals surface area contributed by atoms with Crippen LogP contribution in [0, 0.1) is 5.92 Å². The van der Waals surface area contributed by atoms with Gasteiger partial charge in [0.2, 0.25) is 0 Å². The Kier molecular flexibility index (Phi) is 4.11. The molecule has 0 spiro atoms. The molecule has 2 fully saturated rings. The normalized spacial score (nSPS) is 28.5. The van der Waals surface area contributed by atoms with Crippen molar-refractivity contribution in [2.45, 2.75) is 37.8 Å². The summed E-state index contributed by atoms with van der Waals surface area (Å²) in [7, 11) is 2.25. The van der Waals surface area contributed by atoms with Crippen LogP contribution < -0.4 is 5.32 Å². The summed E-state index contributed by atoms with van der Waals surface area (Å²) in [6.07, 6.45) is 5.39. The monoisotopic (exact) mass is 278 g/mol. The van der Waals surface area contributed by atoms with Gasteiger partial charge in [0.15, 0.2) is 0 Å². The first-order valence-electron chi connectivity index (χ1n) is 7.43. The van der Waals surface area contributed by atoms with Gasteiger partial charge in [0.1, 0.15) is 0 Å². The van der Waals surface area contributed by atoms with Crippen LogP contribution in [0.5, 0.6) is 0 Å². The second kappa shape index (κ2) is 5.82. The number of rotatable bonds is 4. The maximum atomic E-state index is 6.01. The van der Waals surface area contributed by atoms with E-state index < -0.39 is 0 Å². The molecule has 0 amide bonds. The number of likely N-dealkylation sites (tertiary alicyclic amines) is 1. The maximum absolute atomic E-state index is 6.01. The zero-order valence-corrected chi connectivity index (χ0v) is 12.4. The largest absolute Gasteiger partial charge is 0.314 e. The van der Waals surface area contributed by atoms with Gasteiger partial charge in [-0.2, -0.15) is 0 Å². The third-order valence-electron chi connectivity index (χ3n) is 4.46. The summed E-state index contributed by atoms with van der Waals surface area (Å²) < 4.78 is 0. The Balaban J connectivity index is 1.73. The summed E-state index contributed by atoms with van der Waals surface area (Å²) in [4.78, 5) is 2.51. The minimum atomic E-state index is 0.539. The summed E-state index contributed by atoms with van der Waals surface area (Å²) in [5, 5.41) is 4.53. The Bertz CT molecular complexity index is 413. The van der Waals surface area contributed by atoms with Crippen LogP contribution in [-0.4, -0.2) is 31.1 Å². The lowest BCUT2D eigenvalue weighted by atomic mass is 9.85. The van der Waals surface area contributed by atoms with Crippen LogP contribution in [-0.2, 0) is 0 Å². The maximum Gasteiger partial charge on any atom is 0.0406 e. The fourth-order valence-corrected chi connectivity index (χ4v) is 3.39. The highest BCUT2D eigenvalue weighted by molar-refractivity contribution is 6.30. The molecule has 2 unspecified atom stereocenters. The Morgan fingerprint density at radius 3 is 2.63 bits per heavy atom. The first-order chi connectivity index (χ1) is 9.24. The number of halogens is 1. The van der Waals surface area contributed by atoms with Crippen molar-refractivity contribution in [2.75, 3.05) is 20.1 Å². The molecule has 1 heterocycles. The highest BCUT2D eigenvalue weighted by atomic mass is 35.5. The number of nitrogens with one attached hydrogen (secondary N) is 1. The summed E-state index contributed by atoms with van der Waals surface area (Å²) in [6.45, 7) is 2.36. The molecule has 19 heavy (non-hydrogen) atoms. The van der Waals surface area contributed by atoms with Gasteiger partial charge in [0.05, 0.1) is 0 Å². The molecule has 1 saturated heterocycles. The van der Waals surface area contributed by atoms with Gasteiger partial charge in [-0.1, -0.05) is 23.7 Å². The molecule has 1 aliphatic carbocycles. The van der Waals surface area contributed by atoms with Crippen molar-refractivity contribution < 1.29 is 0 Å². The molecule has 1 aliphatic heterocycles. The van der Waals surface area contributed by atoms with Crippen molar-refractivity contribution in [1.82, 2.24) is 10.2 Å². The van der Waals surface area contributed by atoms with E-state index in [1.54, 1.807) is 0 Å². The first kappa shape index (κ1) is 13.4. The Morgan fingerprint density at radius 1 is 1.21 bits per heavy atom. The predicted octanol–water partition coefficient (Wildman–Crippen LogP) is 3.47. The van der Waals surface area contributed by atoms with Gasteiger partial charge in [-0.3, -0.25) is 4.90 Å². The summed E-state index contributed by atoms with van der Waals surface area (Å²) >= 11 is 6.01. The fourth-order valence-electron chi connectivity index (χ4n) is 3.27. The number of hydrogen-bond donors (Lipinski definition) is 1. The van der Waals surface area contributed by atoms with E-state index in [1.807, 2.05) is 12.1 Å². The Labute approximate surface area is 121 Å². The molecule has 3 rings (SSSR count). The van der Waals surface area contributed by atoms with Crippen LogP contribution >= 0.6 is 11.6 Å². The van der Waals surface area contributed by atoms with Gasteiger partial charge in [0.25, 0.3) is 0 Å². The topological polar surface area (TPSA) is 15.3 Å². The van der Waals surface area contributed by atoms with Gasteiger partial charge < -0.3 is 5.32 Å². The number of benzene rings is 1. The first-order valence-corrected chi connectivity index (χ1v) is 7.81. The molecule has 0 aromatic heterocycles. The lowest BCUT2D eigenvalue weighted by Gasteiger charge is -2.40. The molecular weight excluding hydrogens is 256 g/mol. The van der Waals surface area contributed by atoms with Gasteiger partial charge >= 0.3 is 0 Å². The third kappa shape index (κ3) is 3.31. The average molecular weight is 279 g/mol. The molecule has 104 valence electrons. The van der Waals surface area contributed by atoms with E-state index in [-0.39, 0.29) is 0 Å². The van der Waals surface area contributed by atoms with Crippen molar-refractivity contribution in [3.63, 3.8) is 0 Å². The molecule has 0 bridgehead atoms. The smallest absolute Gasteiger partial charge is 0.0406 e. The van der Waals surface area contributed by atoms with Crippen molar-refractivity contribution in [1.29, 1.82) is 0 Å². The molecule has 0 radical (unpaired) electrons. The van der Waals surface area contributed by atoms with Crippen LogP contribution in [0.3, 0.4) is 0 Å². The van der Waals surface area contributed by atoms with Crippen LogP contribution in [0.15, 0.2) is 24.3 Å². The van der Waals surface area contributed by atoms with E-state index in [0.717, 1.165) is 23.5 Å². The Hall–Kier alpha value is -0.570. The molecule has 2 nitrogen and oxygen atoms in total. The predicted molar refractivity (Wildman–Crippen MR) is 80.6 cm³/mol. The van der Waals surface area contributed by atoms with Crippen molar-refractivity contribution in [3.05, 3.63) is 34.9 Å². The summed E-state index contributed by atoms with van der Waals surface area (Å²) in [6, 6.07) is 9.77. The highest BCUT2D eigenvalue weighted by Gasteiger charge is 2.31. The molecule has 1 aromatic carbocycles. The second-order valence-corrected chi connectivity index (χ2v) is 6.50. The van der Waals surface area contributed by atoms with E-state index in [4.69, 9.17) is 11.6 Å². The van der Waals surface area contributed by atoms with Crippen LogP contribution in [0.2, 0.25) is 5.02 Å². The van der Waals surface area contributed by atoms with E-state index in [1.165, 1.54) is 37.8 Å². The number of nitrogens with zero attached hydrogens (tertiary/aromatic N) is 1. The standard InChI is InChI=1S/C16H23ClN2/c1-19-10-2-3-13(11-18-15-8-9-15)16(19)12-4-6-14(17)7-5-12/h4-7,13,15-16,18H,2-3,8-11H2,1H3. The lowest BCUT2D eigenvalue weighted by Crippen LogP contribution is -2.40. The molecular formula is C16H23ClN2. The van der Waals surface area contributed by atoms with Gasteiger partial charge in [0, 0.05) is 23.7 Å². The Morgan fingerprint density at radius 2 is 1.95 bits per heavy atom.